The maximum Gasteiger partial charge on any atom is 0.303 e. The molecule has 402 valence electrons. The Morgan fingerprint density at radius 2 is 1.06 bits per heavy atom. The number of nitrogens with one attached hydrogen (secondary N) is 1. The number of amides is 2. The molecule has 1 N–H and O–H groups in total. The van der Waals surface area contributed by atoms with Crippen LogP contribution in [0.15, 0.2) is 6.20 Å². The molecule has 2 amide bonds. The summed E-state index contributed by atoms with van der Waals surface area (Å²) in [6.07, 6.45) is 28.8. The minimum Gasteiger partial charge on any atom is -0.463 e. The van der Waals surface area contributed by atoms with Crippen LogP contribution in [0.1, 0.15) is 227 Å². The van der Waals surface area contributed by atoms with Crippen LogP contribution in [0.25, 0.3) is 0 Å². The van der Waals surface area contributed by atoms with Gasteiger partial charge in [0.15, 0.2) is 24.6 Å². The average molecular weight is 992 g/mol. The number of hydrogen-bond donors (Lipinski definition) is 1. The molecular weight excluding hydrogens is 899 g/mol. The zero-order valence-electron chi connectivity index (χ0n) is 44.2. The van der Waals surface area contributed by atoms with E-state index in [0.29, 0.717) is 18.7 Å². The molecule has 0 spiro atoms. The number of carbonyl (C=O) groups is 6. The van der Waals surface area contributed by atoms with E-state index in [9.17, 15) is 28.8 Å². The van der Waals surface area contributed by atoms with Gasteiger partial charge < -0.3 is 38.6 Å². The van der Waals surface area contributed by atoms with Crippen molar-refractivity contribution in [3.05, 3.63) is 11.9 Å². The highest BCUT2D eigenvalue weighted by atomic mass is 16.7. The lowest BCUT2D eigenvalue weighted by Crippen LogP contribution is -2.62. The molecule has 1 fully saturated rings. The summed E-state index contributed by atoms with van der Waals surface area (Å²) in [6.45, 7) is 9.53. The molecule has 1 aromatic heterocycles. The van der Waals surface area contributed by atoms with Crippen LogP contribution in [-0.4, -0.2) is 113 Å². The largest absolute Gasteiger partial charge is 0.463 e. The standard InChI is InChI=1S/C53H93N5O12/c1-7-9-11-13-15-17-19-20-21-22-23-25-27-29-31-33-35-54-48(63)39-57(49(64)34-32-30-28-26-24-18-16-14-12-10-8-2)36-37-58-38-46(55-56-58)40-66-53-52(69-45(6)62)51(68-44(5)61)50(67-43(4)60)47(70-53)41-65-42(3)59/h38,47,50-53H,7-37,39-41H2,1-6H3,(H,54,63)/t47-,50-,51+,52-,53-/m1/s1. The molecule has 70 heavy (non-hydrogen) atoms. The number of ether oxygens (including phenoxy) is 6. The first-order chi connectivity index (χ1) is 33.8. The van der Waals surface area contributed by atoms with Crippen molar-refractivity contribution in [1.29, 1.82) is 0 Å². The summed E-state index contributed by atoms with van der Waals surface area (Å²) in [5, 5.41) is 11.5. The first-order valence-electron chi connectivity index (χ1n) is 27.2. The lowest BCUT2D eigenvalue weighted by Gasteiger charge is -2.43. The van der Waals surface area contributed by atoms with Gasteiger partial charge >= 0.3 is 23.9 Å². The van der Waals surface area contributed by atoms with Crippen molar-refractivity contribution in [2.24, 2.45) is 0 Å². The molecule has 0 radical (unpaired) electrons. The Bertz CT molecular complexity index is 1590. The van der Waals surface area contributed by atoms with Crippen LogP contribution in [0.4, 0.5) is 0 Å². The molecule has 17 nitrogen and oxygen atoms in total. The van der Waals surface area contributed by atoms with Gasteiger partial charge in [-0.25, -0.2) is 0 Å². The molecule has 0 aliphatic carbocycles. The molecule has 0 saturated carbocycles. The van der Waals surface area contributed by atoms with E-state index >= 15 is 0 Å². The van der Waals surface area contributed by atoms with Crippen molar-refractivity contribution in [2.75, 3.05) is 26.2 Å². The molecule has 5 atom stereocenters. The maximum atomic E-state index is 13.6. The Kier molecular flexibility index (Phi) is 35.0. The number of rotatable bonds is 42. The predicted molar refractivity (Wildman–Crippen MR) is 267 cm³/mol. The smallest absolute Gasteiger partial charge is 0.303 e. The minimum absolute atomic E-state index is 0.0523. The summed E-state index contributed by atoms with van der Waals surface area (Å²) >= 11 is 0. The van der Waals surface area contributed by atoms with Crippen LogP contribution >= 0.6 is 0 Å². The lowest BCUT2D eigenvalue weighted by atomic mass is 9.98. The van der Waals surface area contributed by atoms with Gasteiger partial charge in [-0.3, -0.25) is 33.4 Å². The van der Waals surface area contributed by atoms with Gasteiger partial charge in [0, 0.05) is 47.2 Å². The van der Waals surface area contributed by atoms with E-state index < -0.39 is 54.6 Å². The summed E-state index contributed by atoms with van der Waals surface area (Å²) in [4.78, 5) is 76.6. The molecule has 1 saturated heterocycles. The number of esters is 4. The highest BCUT2D eigenvalue weighted by Crippen LogP contribution is 2.30. The average Bonchev–Trinajstić information content (AvgIpc) is 3.78. The molecule has 1 aromatic rings. The fourth-order valence-electron chi connectivity index (χ4n) is 8.75. The second kappa shape index (κ2) is 39.5. The van der Waals surface area contributed by atoms with Crippen molar-refractivity contribution < 1.29 is 57.2 Å². The van der Waals surface area contributed by atoms with Crippen molar-refractivity contribution in [3.8, 4) is 0 Å². The summed E-state index contributed by atoms with van der Waals surface area (Å²) in [5.41, 5.74) is 0.350. The Labute approximate surface area is 420 Å². The van der Waals surface area contributed by atoms with Gasteiger partial charge in [0.2, 0.25) is 11.8 Å². The zero-order chi connectivity index (χ0) is 51.2. The van der Waals surface area contributed by atoms with Gasteiger partial charge in [0.1, 0.15) is 18.4 Å². The van der Waals surface area contributed by atoms with E-state index in [1.54, 1.807) is 15.8 Å². The van der Waals surface area contributed by atoms with E-state index in [4.69, 9.17) is 28.4 Å². The molecule has 17 heteroatoms. The lowest BCUT2D eigenvalue weighted by molar-refractivity contribution is -0.310. The molecule has 1 aliphatic rings. The van der Waals surface area contributed by atoms with E-state index in [2.05, 4.69) is 29.5 Å². The predicted octanol–water partition coefficient (Wildman–Crippen LogP) is 9.79. The van der Waals surface area contributed by atoms with E-state index in [-0.39, 0.29) is 44.7 Å². The highest BCUT2D eigenvalue weighted by molar-refractivity contribution is 5.84. The van der Waals surface area contributed by atoms with E-state index in [1.807, 2.05) is 0 Å². The Hall–Kier alpha value is -4.12. The van der Waals surface area contributed by atoms with Gasteiger partial charge in [-0.15, -0.1) is 5.10 Å². The fraction of sp³-hybridized carbons (Fsp3) is 0.849. The summed E-state index contributed by atoms with van der Waals surface area (Å²) in [6, 6.07) is 0. The van der Waals surface area contributed by atoms with Crippen LogP contribution in [0.3, 0.4) is 0 Å². The molecule has 0 aromatic carbocycles. The number of aromatic nitrogens is 3. The van der Waals surface area contributed by atoms with Gasteiger partial charge in [-0.05, 0) is 12.8 Å². The molecular formula is C53H93N5O12. The van der Waals surface area contributed by atoms with Gasteiger partial charge in [0.25, 0.3) is 0 Å². The minimum atomic E-state index is -1.38. The number of unbranched alkanes of at least 4 members (excludes halogenated alkanes) is 25. The number of nitrogens with zero attached hydrogens (tertiary/aromatic N) is 4. The second-order valence-electron chi connectivity index (χ2n) is 19.1. The van der Waals surface area contributed by atoms with Crippen molar-refractivity contribution in [3.63, 3.8) is 0 Å². The van der Waals surface area contributed by atoms with E-state index in [1.165, 1.54) is 142 Å². The van der Waals surface area contributed by atoms with Gasteiger partial charge in [-0.1, -0.05) is 180 Å². The molecule has 1 aliphatic heterocycles. The highest BCUT2D eigenvalue weighted by Gasteiger charge is 2.52. The zero-order valence-corrected chi connectivity index (χ0v) is 44.2. The van der Waals surface area contributed by atoms with Crippen LogP contribution in [0, 0.1) is 0 Å². The van der Waals surface area contributed by atoms with Crippen LogP contribution in [-0.2, 0) is 70.3 Å². The fourth-order valence-corrected chi connectivity index (χ4v) is 8.75. The van der Waals surface area contributed by atoms with Gasteiger partial charge in [0.05, 0.1) is 25.9 Å². The Morgan fingerprint density at radius 1 is 0.600 bits per heavy atom. The van der Waals surface area contributed by atoms with Crippen molar-refractivity contribution in [1.82, 2.24) is 25.2 Å². The molecule has 0 bridgehead atoms. The monoisotopic (exact) mass is 992 g/mol. The third kappa shape index (κ3) is 29.9. The second-order valence-corrected chi connectivity index (χ2v) is 19.1. The van der Waals surface area contributed by atoms with Crippen molar-refractivity contribution in [2.45, 2.75) is 265 Å². The van der Waals surface area contributed by atoms with Crippen LogP contribution in [0.2, 0.25) is 0 Å². The van der Waals surface area contributed by atoms with Crippen LogP contribution < -0.4 is 5.32 Å². The molecule has 2 rings (SSSR count). The summed E-state index contributed by atoms with van der Waals surface area (Å²) in [5.74, 6) is -3.15. The van der Waals surface area contributed by atoms with Crippen LogP contribution in [0.5, 0.6) is 0 Å². The summed E-state index contributed by atoms with van der Waals surface area (Å²) < 4.78 is 35.2. The van der Waals surface area contributed by atoms with Crippen molar-refractivity contribution >= 4 is 35.7 Å². The SMILES string of the molecule is CCCCCCCCCCCCCCCCCCNC(=O)CN(CCn1cc(CO[C@@H]2O[C@H](COC(C)=O)[C@@H](OC(C)=O)[C@H](OC(C)=O)[C@H]2OC(C)=O)nn1)C(=O)CCCCCCCCCCCCC. The quantitative estimate of drug-likeness (QED) is 0.0368. The Balaban J connectivity index is 1.94. The molecule has 0 unspecified atom stereocenters. The van der Waals surface area contributed by atoms with Gasteiger partial charge in [-0.2, -0.15) is 0 Å². The topological polar surface area (TPSA) is 204 Å². The third-order valence-electron chi connectivity index (χ3n) is 12.6. The first-order valence-corrected chi connectivity index (χ1v) is 27.2. The molecule has 2 heterocycles. The summed E-state index contributed by atoms with van der Waals surface area (Å²) in [7, 11) is 0. The third-order valence-corrected chi connectivity index (χ3v) is 12.6. The Morgan fingerprint density at radius 3 is 1.54 bits per heavy atom. The number of carbonyl (C=O) groups excluding carboxylic acids is 6. The normalized spacial score (nSPS) is 17.7. The number of hydrogen-bond acceptors (Lipinski definition) is 14. The maximum absolute atomic E-state index is 13.6. The first kappa shape index (κ1) is 62.0. The van der Waals surface area contributed by atoms with E-state index in [0.717, 1.165) is 59.3 Å².